The molecule has 0 bridgehead atoms. The molecular weight excluding hydrogens is 156 g/mol. The van der Waals surface area contributed by atoms with Gasteiger partial charge in [-0.25, -0.2) is 0 Å². The topological polar surface area (TPSA) is 0 Å². The van der Waals surface area contributed by atoms with E-state index in [9.17, 15) is 0 Å². The average molecular weight is 169 g/mol. The Bertz CT molecular complexity index is 298. The maximum Gasteiger partial charge on any atom is 0.0482 e. The molecule has 1 aromatic rings. The molecule has 11 heavy (non-hydrogen) atoms. The molecule has 58 valence electrons. The molecule has 0 heterocycles. The van der Waals surface area contributed by atoms with Gasteiger partial charge < -0.3 is 0 Å². The third-order valence-electron chi connectivity index (χ3n) is 1.33. The Kier molecular flexibility index (Phi) is 2.23. The highest BCUT2D eigenvalue weighted by Gasteiger charge is 1.86. The van der Waals surface area contributed by atoms with Crippen molar-refractivity contribution in [1.82, 2.24) is 0 Å². The van der Waals surface area contributed by atoms with Crippen molar-refractivity contribution in [2.75, 3.05) is 5.83 Å². The Morgan fingerprint density at radius 1 is 1.55 bits per heavy atom. The predicted octanol–water partition coefficient (Wildman–Crippen LogP) is 3.33. The first-order valence-electron chi connectivity index (χ1n) is 4.43. The minimum absolute atomic E-state index is 0.514. The van der Waals surface area contributed by atoms with Crippen LogP contribution >= 0.6 is 11.6 Å². The summed E-state index contributed by atoms with van der Waals surface area (Å²) in [6.07, 6.45) is 1.74. The highest BCUT2D eigenvalue weighted by atomic mass is 35.5. The van der Waals surface area contributed by atoms with Crippen LogP contribution in [-0.4, -0.2) is 5.83 Å². The van der Waals surface area contributed by atoms with Crippen LogP contribution in [0.1, 0.15) is 15.2 Å². The Balaban J connectivity index is 2.90. The number of rotatable bonds is 2. The Labute approximate surface area is 75.3 Å². The second-order valence-electron chi connectivity index (χ2n) is 2.33. The number of alkyl halides is 1. The van der Waals surface area contributed by atoms with E-state index in [0.29, 0.717) is 5.57 Å². The SMILES string of the molecule is [2H]C([2H])(Cl)/C(C)=C/c1ccccc1. The maximum atomic E-state index is 7.25. The van der Waals surface area contributed by atoms with Crippen molar-refractivity contribution in [3.05, 3.63) is 41.5 Å². The van der Waals surface area contributed by atoms with Crippen molar-refractivity contribution in [3.63, 3.8) is 0 Å². The third kappa shape index (κ3) is 2.77. The third-order valence-corrected chi connectivity index (χ3v) is 1.63. The molecule has 0 aliphatic heterocycles. The summed E-state index contributed by atoms with van der Waals surface area (Å²) in [5.74, 6) is -1.75. The molecule has 0 radical (unpaired) electrons. The van der Waals surface area contributed by atoms with Crippen molar-refractivity contribution < 1.29 is 2.74 Å². The number of hydrogen-bond donors (Lipinski definition) is 0. The van der Waals surface area contributed by atoms with Crippen LogP contribution in [0.15, 0.2) is 35.9 Å². The number of hydrogen-bond acceptors (Lipinski definition) is 0. The summed E-state index contributed by atoms with van der Waals surface area (Å²) in [5.41, 5.74) is 1.48. The Morgan fingerprint density at radius 2 is 2.18 bits per heavy atom. The van der Waals surface area contributed by atoms with Gasteiger partial charge in [0.05, 0.1) is 0 Å². The van der Waals surface area contributed by atoms with Crippen molar-refractivity contribution in [2.24, 2.45) is 0 Å². The molecule has 0 amide bonds. The van der Waals surface area contributed by atoms with Crippen LogP contribution in [0.4, 0.5) is 0 Å². The molecule has 0 fully saturated rings. The van der Waals surface area contributed by atoms with Gasteiger partial charge in [-0.3, -0.25) is 0 Å². The highest BCUT2D eigenvalue weighted by molar-refractivity contribution is 6.19. The lowest BCUT2D eigenvalue weighted by Crippen LogP contribution is -1.76. The largest absolute Gasteiger partial charge is 0.122 e. The summed E-state index contributed by atoms with van der Waals surface area (Å²) in [4.78, 5) is 0. The lowest BCUT2D eigenvalue weighted by atomic mass is 10.2. The van der Waals surface area contributed by atoms with Gasteiger partial charge >= 0.3 is 0 Å². The van der Waals surface area contributed by atoms with Crippen LogP contribution < -0.4 is 0 Å². The molecule has 0 saturated heterocycles. The molecule has 0 spiro atoms. The summed E-state index contributed by atoms with van der Waals surface area (Å²) in [5, 5.41) is 0. The predicted molar refractivity (Wildman–Crippen MR) is 50.8 cm³/mol. The second-order valence-corrected chi connectivity index (χ2v) is 2.52. The molecule has 0 nitrogen and oxygen atoms in total. The fourth-order valence-electron chi connectivity index (χ4n) is 0.827. The summed E-state index contributed by atoms with van der Waals surface area (Å²) >= 11 is 5.50. The number of benzene rings is 1. The van der Waals surface area contributed by atoms with Gasteiger partial charge in [0.2, 0.25) is 0 Å². The molecule has 1 heteroatoms. The van der Waals surface area contributed by atoms with Crippen molar-refractivity contribution >= 4 is 17.7 Å². The smallest absolute Gasteiger partial charge is 0.0482 e. The highest BCUT2D eigenvalue weighted by Crippen LogP contribution is 2.06. The number of halogens is 1. The molecule has 0 atom stereocenters. The molecule has 0 N–H and O–H groups in total. The Morgan fingerprint density at radius 3 is 2.73 bits per heavy atom. The standard InChI is InChI=1S/C10H11Cl/c1-9(8-11)7-10-5-3-2-4-6-10/h2-7H,8H2,1H3/b9-7+/i8D2. The minimum Gasteiger partial charge on any atom is -0.122 e. The minimum atomic E-state index is -1.75. The second kappa shape index (κ2) is 4.20. The van der Waals surface area contributed by atoms with Gasteiger partial charge in [-0.05, 0) is 12.5 Å². The molecule has 1 rings (SSSR count). The summed E-state index contributed by atoms with van der Waals surface area (Å²) < 4.78 is 14.5. The van der Waals surface area contributed by atoms with E-state index in [-0.39, 0.29) is 0 Å². The van der Waals surface area contributed by atoms with Crippen molar-refractivity contribution in [2.45, 2.75) is 6.92 Å². The van der Waals surface area contributed by atoms with Gasteiger partial charge in [-0.15, -0.1) is 11.6 Å². The Hall–Kier alpha value is -0.750. The molecule has 0 unspecified atom stereocenters. The summed E-state index contributed by atoms with van der Waals surface area (Å²) in [6.45, 7) is 1.68. The van der Waals surface area contributed by atoms with Crippen LogP contribution in [0.3, 0.4) is 0 Å². The lowest BCUT2D eigenvalue weighted by Gasteiger charge is -1.94. The fourth-order valence-corrected chi connectivity index (χ4v) is 0.881. The van der Waals surface area contributed by atoms with Gasteiger partial charge in [-0.1, -0.05) is 42.0 Å². The molecule has 0 aliphatic carbocycles. The van der Waals surface area contributed by atoms with E-state index in [1.54, 1.807) is 13.0 Å². The van der Waals surface area contributed by atoms with E-state index < -0.39 is 5.83 Å². The van der Waals surface area contributed by atoms with Crippen LogP contribution in [0.5, 0.6) is 0 Å². The quantitative estimate of drug-likeness (QED) is 0.595. The van der Waals surface area contributed by atoms with Crippen molar-refractivity contribution in [3.8, 4) is 0 Å². The number of allylic oxidation sites excluding steroid dienone is 1. The normalized spacial score (nSPS) is 15.6. The molecule has 1 aromatic carbocycles. The van der Waals surface area contributed by atoms with Crippen LogP contribution in [0.2, 0.25) is 0 Å². The first kappa shape index (κ1) is 5.84. The zero-order valence-corrected chi connectivity index (χ0v) is 7.10. The summed E-state index contributed by atoms with van der Waals surface area (Å²) in [6, 6.07) is 9.55. The first-order chi connectivity index (χ1) is 6.00. The average Bonchev–Trinajstić information content (AvgIpc) is 2.04. The zero-order valence-electron chi connectivity index (χ0n) is 8.34. The van der Waals surface area contributed by atoms with Crippen molar-refractivity contribution in [1.29, 1.82) is 0 Å². The molecule has 0 saturated carbocycles. The van der Waals surface area contributed by atoms with E-state index in [4.69, 9.17) is 14.3 Å². The molecular formula is C10H11Cl. The monoisotopic (exact) mass is 168 g/mol. The van der Waals surface area contributed by atoms with Crippen LogP contribution in [0.25, 0.3) is 6.08 Å². The first-order valence-corrected chi connectivity index (χ1v) is 3.80. The van der Waals surface area contributed by atoms with Gasteiger partial charge in [0.1, 0.15) is 0 Å². The van der Waals surface area contributed by atoms with Gasteiger partial charge in [0, 0.05) is 8.57 Å². The van der Waals surface area contributed by atoms with Crippen LogP contribution in [-0.2, 0) is 0 Å². The van der Waals surface area contributed by atoms with E-state index in [2.05, 4.69) is 0 Å². The lowest BCUT2D eigenvalue weighted by molar-refractivity contribution is 1.43. The van der Waals surface area contributed by atoms with Gasteiger partial charge in [-0.2, -0.15) is 0 Å². The summed E-state index contributed by atoms with van der Waals surface area (Å²) in [7, 11) is 0. The van der Waals surface area contributed by atoms with E-state index in [1.165, 1.54) is 0 Å². The van der Waals surface area contributed by atoms with E-state index in [1.807, 2.05) is 30.3 Å². The molecule has 0 aromatic heterocycles. The van der Waals surface area contributed by atoms with Gasteiger partial charge in [0.25, 0.3) is 0 Å². The van der Waals surface area contributed by atoms with Crippen LogP contribution in [0, 0.1) is 0 Å². The van der Waals surface area contributed by atoms with E-state index in [0.717, 1.165) is 5.56 Å². The van der Waals surface area contributed by atoms with Gasteiger partial charge in [0.15, 0.2) is 0 Å². The van der Waals surface area contributed by atoms with E-state index >= 15 is 0 Å². The zero-order chi connectivity index (χ0) is 9.90. The fraction of sp³-hybridized carbons (Fsp3) is 0.200. The maximum absolute atomic E-state index is 7.25. The molecule has 0 aliphatic rings.